The number of aryl methyl sites for hydroxylation is 1. The lowest BCUT2D eigenvalue weighted by Crippen LogP contribution is -2.51. The average Bonchev–Trinajstić information content (AvgIpc) is 2.60. The van der Waals surface area contributed by atoms with E-state index in [9.17, 15) is 8.42 Å². The third-order valence-electron chi connectivity index (χ3n) is 3.14. The van der Waals surface area contributed by atoms with Gasteiger partial charge in [0, 0.05) is 32.7 Å². The fourth-order valence-corrected chi connectivity index (χ4v) is 3.70. The van der Waals surface area contributed by atoms with Crippen molar-refractivity contribution in [1.29, 1.82) is 0 Å². The summed E-state index contributed by atoms with van der Waals surface area (Å²) in [5.74, 6) is 0. The van der Waals surface area contributed by atoms with Gasteiger partial charge in [0.15, 0.2) is 0 Å². The lowest BCUT2D eigenvalue weighted by Gasteiger charge is -2.30. The Hall–Kier alpha value is -0.920. The molecule has 0 radical (unpaired) electrons. The fourth-order valence-electron chi connectivity index (χ4n) is 1.99. The van der Waals surface area contributed by atoms with Crippen LogP contribution >= 0.6 is 0 Å². The van der Waals surface area contributed by atoms with Crippen molar-refractivity contribution in [2.45, 2.75) is 24.8 Å². The van der Waals surface area contributed by atoms with Gasteiger partial charge in [-0.15, -0.1) is 0 Å². The molecule has 1 aliphatic rings. The second-order valence-corrected chi connectivity index (χ2v) is 6.34. The Labute approximate surface area is 102 Å². The van der Waals surface area contributed by atoms with Gasteiger partial charge in [0.2, 0.25) is 10.0 Å². The van der Waals surface area contributed by atoms with Crippen LogP contribution in [0.2, 0.25) is 0 Å². The summed E-state index contributed by atoms with van der Waals surface area (Å²) in [6.45, 7) is 5.47. The van der Waals surface area contributed by atoms with Crippen molar-refractivity contribution >= 4 is 10.0 Å². The van der Waals surface area contributed by atoms with Gasteiger partial charge in [0.1, 0.15) is 4.90 Å². The number of hydrogen-bond donors (Lipinski definition) is 1. The zero-order valence-electron chi connectivity index (χ0n) is 10.3. The molecule has 1 aliphatic heterocycles. The summed E-state index contributed by atoms with van der Waals surface area (Å²) < 4.78 is 27.9. The van der Waals surface area contributed by atoms with Crippen LogP contribution in [-0.4, -0.2) is 48.2 Å². The molecule has 0 amide bonds. The molecule has 7 heteroatoms. The van der Waals surface area contributed by atoms with E-state index in [1.54, 1.807) is 18.7 Å². The first kappa shape index (κ1) is 12.5. The molecular formula is C10H18N4O2S. The summed E-state index contributed by atoms with van der Waals surface area (Å²) in [6, 6.07) is 0.190. The molecule has 1 atom stereocenters. The van der Waals surface area contributed by atoms with Gasteiger partial charge in [-0.25, -0.2) is 8.42 Å². The molecule has 1 saturated heterocycles. The van der Waals surface area contributed by atoms with E-state index in [4.69, 9.17) is 0 Å². The van der Waals surface area contributed by atoms with Crippen LogP contribution in [-0.2, 0) is 17.1 Å². The number of nitrogens with one attached hydrogen (secondary N) is 1. The summed E-state index contributed by atoms with van der Waals surface area (Å²) in [5.41, 5.74) is 0.677. The van der Waals surface area contributed by atoms with Crippen LogP contribution in [0, 0.1) is 6.92 Å². The van der Waals surface area contributed by atoms with Gasteiger partial charge in [0.25, 0.3) is 0 Å². The Bertz CT molecular complexity index is 508. The van der Waals surface area contributed by atoms with Gasteiger partial charge in [-0.05, 0) is 13.8 Å². The zero-order valence-corrected chi connectivity index (χ0v) is 11.2. The molecule has 2 rings (SSSR count). The van der Waals surface area contributed by atoms with E-state index in [0.717, 1.165) is 0 Å². The van der Waals surface area contributed by atoms with Crippen molar-refractivity contribution in [1.82, 2.24) is 19.4 Å². The van der Waals surface area contributed by atoms with Crippen molar-refractivity contribution in [3.8, 4) is 0 Å². The van der Waals surface area contributed by atoms with Gasteiger partial charge in [-0.3, -0.25) is 4.68 Å². The maximum absolute atomic E-state index is 12.4. The molecule has 17 heavy (non-hydrogen) atoms. The molecule has 0 spiro atoms. The van der Waals surface area contributed by atoms with Crippen LogP contribution in [0.4, 0.5) is 0 Å². The molecule has 1 aromatic rings. The van der Waals surface area contributed by atoms with Crippen LogP contribution in [0.1, 0.15) is 12.6 Å². The molecule has 1 aromatic heterocycles. The SMILES string of the molecule is Cc1c(S(=O)(=O)N2CCNC(C)C2)cnn1C. The Balaban J connectivity index is 2.33. The number of piperazine rings is 1. The van der Waals surface area contributed by atoms with E-state index in [0.29, 0.717) is 30.2 Å². The lowest BCUT2D eigenvalue weighted by atomic mass is 10.3. The quantitative estimate of drug-likeness (QED) is 0.791. The van der Waals surface area contributed by atoms with Crippen LogP contribution in [0.5, 0.6) is 0 Å². The predicted molar refractivity (Wildman–Crippen MR) is 64.2 cm³/mol. The molecule has 96 valence electrons. The molecule has 1 N–H and O–H groups in total. The van der Waals surface area contributed by atoms with Crippen molar-refractivity contribution in [2.24, 2.45) is 7.05 Å². The second kappa shape index (κ2) is 4.40. The Morgan fingerprint density at radius 2 is 2.24 bits per heavy atom. The minimum Gasteiger partial charge on any atom is -0.312 e. The predicted octanol–water partition coefficient (Wildman–Crippen LogP) is -0.289. The molecule has 1 unspecified atom stereocenters. The summed E-state index contributed by atoms with van der Waals surface area (Å²) in [7, 11) is -1.65. The van der Waals surface area contributed by atoms with E-state index >= 15 is 0 Å². The van der Waals surface area contributed by atoms with Gasteiger partial charge in [-0.2, -0.15) is 9.40 Å². The van der Waals surface area contributed by atoms with Gasteiger partial charge in [0.05, 0.1) is 11.9 Å². The highest BCUT2D eigenvalue weighted by atomic mass is 32.2. The first-order chi connectivity index (χ1) is 7.93. The van der Waals surface area contributed by atoms with Gasteiger partial charge < -0.3 is 5.32 Å². The highest BCUT2D eigenvalue weighted by Gasteiger charge is 2.30. The van der Waals surface area contributed by atoms with Crippen LogP contribution < -0.4 is 5.32 Å². The maximum atomic E-state index is 12.4. The highest BCUT2D eigenvalue weighted by Crippen LogP contribution is 2.19. The van der Waals surface area contributed by atoms with Gasteiger partial charge >= 0.3 is 0 Å². The van der Waals surface area contributed by atoms with Crippen molar-refractivity contribution in [3.63, 3.8) is 0 Å². The van der Waals surface area contributed by atoms with Crippen LogP contribution in [0.25, 0.3) is 0 Å². The summed E-state index contributed by atoms with van der Waals surface area (Å²) >= 11 is 0. The summed E-state index contributed by atoms with van der Waals surface area (Å²) in [5, 5.41) is 7.22. The lowest BCUT2D eigenvalue weighted by molar-refractivity contribution is 0.310. The molecular weight excluding hydrogens is 240 g/mol. The van der Waals surface area contributed by atoms with Crippen LogP contribution in [0.3, 0.4) is 0 Å². The highest BCUT2D eigenvalue weighted by molar-refractivity contribution is 7.89. The third-order valence-corrected chi connectivity index (χ3v) is 5.11. The smallest absolute Gasteiger partial charge is 0.246 e. The largest absolute Gasteiger partial charge is 0.312 e. The average molecular weight is 258 g/mol. The summed E-state index contributed by atoms with van der Waals surface area (Å²) in [4.78, 5) is 0.314. The Morgan fingerprint density at radius 3 is 2.76 bits per heavy atom. The van der Waals surface area contributed by atoms with E-state index in [1.807, 2.05) is 6.92 Å². The zero-order chi connectivity index (χ0) is 12.6. The van der Waals surface area contributed by atoms with Crippen molar-refractivity contribution in [2.75, 3.05) is 19.6 Å². The summed E-state index contributed by atoms with van der Waals surface area (Å²) in [6.07, 6.45) is 1.43. The number of aromatic nitrogens is 2. The van der Waals surface area contributed by atoms with Gasteiger partial charge in [-0.1, -0.05) is 0 Å². The van der Waals surface area contributed by atoms with Crippen molar-refractivity contribution in [3.05, 3.63) is 11.9 Å². The molecule has 0 bridgehead atoms. The number of hydrogen-bond acceptors (Lipinski definition) is 4. The molecule has 2 heterocycles. The maximum Gasteiger partial charge on any atom is 0.246 e. The van der Waals surface area contributed by atoms with E-state index in [2.05, 4.69) is 10.4 Å². The van der Waals surface area contributed by atoms with E-state index in [-0.39, 0.29) is 6.04 Å². The fraction of sp³-hybridized carbons (Fsp3) is 0.700. The monoisotopic (exact) mass is 258 g/mol. The molecule has 0 aromatic carbocycles. The van der Waals surface area contributed by atoms with E-state index in [1.165, 1.54) is 10.5 Å². The standard InChI is InChI=1S/C10H18N4O2S/c1-8-7-14(5-4-11-8)17(15,16)10-6-12-13(3)9(10)2/h6,8,11H,4-5,7H2,1-3H3. The molecule has 0 aliphatic carbocycles. The number of rotatable bonds is 2. The topological polar surface area (TPSA) is 67.2 Å². The third kappa shape index (κ3) is 2.22. The number of sulfonamides is 1. The molecule has 0 saturated carbocycles. The Morgan fingerprint density at radius 1 is 1.53 bits per heavy atom. The normalized spacial score (nSPS) is 22.9. The van der Waals surface area contributed by atoms with Crippen molar-refractivity contribution < 1.29 is 8.42 Å². The minimum absolute atomic E-state index is 0.190. The first-order valence-electron chi connectivity index (χ1n) is 5.65. The number of nitrogens with zero attached hydrogens (tertiary/aromatic N) is 3. The Kier molecular flexibility index (Phi) is 3.24. The molecule has 6 nitrogen and oxygen atoms in total. The van der Waals surface area contributed by atoms with Crippen LogP contribution in [0.15, 0.2) is 11.1 Å². The van der Waals surface area contributed by atoms with E-state index < -0.39 is 10.0 Å². The second-order valence-electron chi connectivity index (χ2n) is 4.44. The minimum atomic E-state index is -3.39. The molecule has 1 fully saturated rings. The first-order valence-corrected chi connectivity index (χ1v) is 7.09.